The van der Waals surface area contributed by atoms with Crippen LogP contribution in [0.1, 0.15) is 35.0 Å². The zero-order valence-corrected chi connectivity index (χ0v) is 16.6. The Morgan fingerprint density at radius 2 is 1.80 bits per heavy atom. The summed E-state index contributed by atoms with van der Waals surface area (Å²) in [4.78, 5) is 20.3. The van der Waals surface area contributed by atoms with E-state index in [0.29, 0.717) is 29.2 Å². The normalized spacial score (nSPS) is 15.2. The summed E-state index contributed by atoms with van der Waals surface area (Å²) in [7, 11) is 1.51. The number of aromatic nitrogens is 3. The molecule has 0 aliphatic carbocycles. The van der Waals surface area contributed by atoms with E-state index in [0.717, 1.165) is 11.6 Å². The van der Waals surface area contributed by atoms with Crippen molar-refractivity contribution in [3.05, 3.63) is 74.6 Å². The van der Waals surface area contributed by atoms with Crippen molar-refractivity contribution in [1.82, 2.24) is 14.5 Å². The molecular formula is C21H19F3N4O2. The smallest absolute Gasteiger partial charge is 0.310 e. The van der Waals surface area contributed by atoms with E-state index in [9.17, 15) is 18.0 Å². The maximum absolute atomic E-state index is 14.5. The molecule has 0 fully saturated rings. The Morgan fingerprint density at radius 1 is 1.10 bits per heavy atom. The number of rotatable bonds is 4. The summed E-state index contributed by atoms with van der Waals surface area (Å²) in [5.74, 6) is -1.87. The van der Waals surface area contributed by atoms with Gasteiger partial charge in [-0.25, -0.2) is 13.8 Å². The lowest BCUT2D eigenvalue weighted by atomic mass is 10.0. The van der Waals surface area contributed by atoms with Gasteiger partial charge in [0.25, 0.3) is 0 Å². The van der Waals surface area contributed by atoms with Crippen molar-refractivity contribution >= 4 is 11.6 Å². The first kappa shape index (κ1) is 19.9. The minimum Gasteiger partial charge on any atom is -0.481 e. The van der Waals surface area contributed by atoms with Gasteiger partial charge in [-0.15, -0.1) is 0 Å². The number of halogens is 3. The molecule has 4 rings (SSSR count). The molecule has 3 heterocycles. The Labute approximate surface area is 170 Å². The molecule has 2 aromatic heterocycles. The average Bonchev–Trinajstić information content (AvgIpc) is 3.13. The predicted molar refractivity (Wildman–Crippen MR) is 105 cm³/mol. The van der Waals surface area contributed by atoms with Crippen LogP contribution in [0.5, 0.6) is 5.88 Å². The van der Waals surface area contributed by atoms with E-state index in [2.05, 4.69) is 15.3 Å². The number of anilines is 2. The second-order valence-electron chi connectivity index (χ2n) is 7.20. The van der Waals surface area contributed by atoms with Crippen molar-refractivity contribution in [3.8, 4) is 5.88 Å². The fourth-order valence-corrected chi connectivity index (χ4v) is 3.83. The molecular weight excluding hydrogens is 397 g/mol. The van der Waals surface area contributed by atoms with Crippen LogP contribution in [0.3, 0.4) is 0 Å². The lowest BCUT2D eigenvalue weighted by Crippen LogP contribution is -2.23. The largest absolute Gasteiger partial charge is 0.481 e. The second-order valence-corrected chi connectivity index (χ2v) is 7.20. The minimum absolute atomic E-state index is 0.0815. The van der Waals surface area contributed by atoms with Gasteiger partial charge < -0.3 is 14.6 Å². The molecule has 30 heavy (non-hydrogen) atoms. The number of ether oxygens (including phenoxy) is 1. The number of nitrogens with zero attached hydrogens (tertiary/aromatic N) is 3. The lowest BCUT2D eigenvalue weighted by Gasteiger charge is -2.21. The van der Waals surface area contributed by atoms with Crippen LogP contribution < -0.4 is 15.6 Å². The summed E-state index contributed by atoms with van der Waals surface area (Å²) in [5.41, 5.74) is 1.36. The summed E-state index contributed by atoms with van der Waals surface area (Å²) >= 11 is 0. The van der Waals surface area contributed by atoms with Crippen LogP contribution in [0.15, 0.2) is 29.1 Å². The molecule has 1 aliphatic heterocycles. The number of benzene rings is 1. The number of hydrogen-bond acceptors (Lipinski definition) is 5. The third-order valence-corrected chi connectivity index (χ3v) is 5.20. The van der Waals surface area contributed by atoms with E-state index in [1.54, 1.807) is 13.0 Å². The summed E-state index contributed by atoms with van der Waals surface area (Å²) in [5, 5.41) is 3.04. The highest BCUT2D eigenvalue weighted by molar-refractivity contribution is 5.59. The van der Waals surface area contributed by atoms with E-state index >= 15 is 0 Å². The average molecular weight is 416 g/mol. The molecule has 0 saturated carbocycles. The van der Waals surface area contributed by atoms with Gasteiger partial charge in [-0.2, -0.15) is 9.37 Å². The Balaban J connectivity index is 1.85. The van der Waals surface area contributed by atoms with E-state index < -0.39 is 29.1 Å². The third-order valence-electron chi connectivity index (χ3n) is 5.20. The number of methoxy groups -OCH3 is 1. The standard InChI is InChI=1S/C21H19F3N4O2/c1-10-6-15(11(2)25-20(10)30-3)26-21-27-19(29)18(24)17-5-4-16(28(17)21)12-7-13(22)9-14(23)8-12/h6-9,16H,4-5H2,1-3H3,(H,26,27,29). The SMILES string of the molecule is COc1nc(C)c(Nc2nc(=O)c(F)c3n2C(c2cc(F)cc(F)c2)CC3)cc1C. The number of fused-ring (bicyclic) bond motifs is 1. The van der Waals surface area contributed by atoms with Crippen molar-refractivity contribution in [2.24, 2.45) is 0 Å². The van der Waals surface area contributed by atoms with E-state index in [1.165, 1.54) is 23.8 Å². The summed E-state index contributed by atoms with van der Waals surface area (Å²) in [6.07, 6.45) is 0.610. The van der Waals surface area contributed by atoms with Crippen LogP contribution in [-0.2, 0) is 6.42 Å². The summed E-state index contributed by atoms with van der Waals surface area (Å²) in [6.45, 7) is 3.56. The highest BCUT2D eigenvalue weighted by Gasteiger charge is 2.31. The molecule has 0 bridgehead atoms. The second kappa shape index (κ2) is 7.47. The number of pyridine rings is 1. The third kappa shape index (κ3) is 3.40. The molecule has 0 radical (unpaired) electrons. The molecule has 156 valence electrons. The van der Waals surface area contributed by atoms with Crippen LogP contribution in [0.25, 0.3) is 0 Å². The molecule has 3 aromatic rings. The Morgan fingerprint density at radius 3 is 2.47 bits per heavy atom. The monoisotopic (exact) mass is 416 g/mol. The predicted octanol–water partition coefficient (Wildman–Crippen LogP) is 3.96. The van der Waals surface area contributed by atoms with Crippen LogP contribution >= 0.6 is 0 Å². The van der Waals surface area contributed by atoms with Gasteiger partial charge >= 0.3 is 5.56 Å². The van der Waals surface area contributed by atoms with Gasteiger partial charge in [0, 0.05) is 11.6 Å². The highest BCUT2D eigenvalue weighted by atomic mass is 19.1. The van der Waals surface area contributed by atoms with Crippen molar-refractivity contribution < 1.29 is 17.9 Å². The zero-order chi connectivity index (χ0) is 21.6. The molecule has 6 nitrogen and oxygen atoms in total. The highest BCUT2D eigenvalue weighted by Crippen LogP contribution is 2.36. The molecule has 0 amide bonds. The number of hydrogen-bond donors (Lipinski definition) is 1. The fourth-order valence-electron chi connectivity index (χ4n) is 3.83. The van der Waals surface area contributed by atoms with Crippen molar-refractivity contribution in [2.45, 2.75) is 32.7 Å². The maximum atomic E-state index is 14.5. The molecule has 1 aromatic carbocycles. The molecule has 1 atom stereocenters. The Hall–Kier alpha value is -3.36. The topological polar surface area (TPSA) is 69.0 Å². The van der Waals surface area contributed by atoms with E-state index in [4.69, 9.17) is 4.74 Å². The van der Waals surface area contributed by atoms with Gasteiger partial charge in [0.2, 0.25) is 17.6 Å². The van der Waals surface area contributed by atoms with E-state index in [1.807, 2.05) is 6.92 Å². The van der Waals surface area contributed by atoms with Gasteiger partial charge in [0.1, 0.15) is 11.6 Å². The maximum Gasteiger partial charge on any atom is 0.310 e. The van der Waals surface area contributed by atoms with Crippen LogP contribution in [-0.4, -0.2) is 21.6 Å². The Kier molecular flexibility index (Phi) is 4.97. The number of nitrogens with one attached hydrogen (secondary N) is 1. The lowest BCUT2D eigenvalue weighted by molar-refractivity contribution is 0.394. The molecule has 0 spiro atoms. The zero-order valence-electron chi connectivity index (χ0n) is 16.6. The first-order valence-electron chi connectivity index (χ1n) is 9.34. The van der Waals surface area contributed by atoms with Crippen LogP contribution in [0.4, 0.5) is 24.8 Å². The Bertz CT molecular complexity index is 1190. The van der Waals surface area contributed by atoms with Gasteiger partial charge in [0.15, 0.2) is 0 Å². The first-order chi connectivity index (χ1) is 14.3. The van der Waals surface area contributed by atoms with Gasteiger partial charge in [-0.3, -0.25) is 4.79 Å². The summed E-state index contributed by atoms with van der Waals surface area (Å²) in [6, 6.07) is 4.37. The van der Waals surface area contributed by atoms with Crippen LogP contribution in [0.2, 0.25) is 0 Å². The van der Waals surface area contributed by atoms with Crippen molar-refractivity contribution in [1.29, 1.82) is 0 Å². The van der Waals surface area contributed by atoms with E-state index in [-0.39, 0.29) is 18.1 Å². The minimum atomic E-state index is -0.995. The van der Waals surface area contributed by atoms with Gasteiger partial charge in [0.05, 0.1) is 30.2 Å². The van der Waals surface area contributed by atoms with Crippen LogP contribution in [0, 0.1) is 31.3 Å². The molecule has 9 heteroatoms. The fraction of sp³-hybridized carbons (Fsp3) is 0.286. The molecule has 1 aliphatic rings. The molecule has 1 N–H and O–H groups in total. The first-order valence-corrected chi connectivity index (χ1v) is 9.34. The summed E-state index contributed by atoms with van der Waals surface area (Å²) < 4.78 is 48.8. The van der Waals surface area contributed by atoms with Gasteiger partial charge in [-0.05, 0) is 50.5 Å². The van der Waals surface area contributed by atoms with Crippen molar-refractivity contribution in [2.75, 3.05) is 12.4 Å². The number of aryl methyl sites for hydroxylation is 2. The quantitative estimate of drug-likeness (QED) is 0.697. The van der Waals surface area contributed by atoms with Gasteiger partial charge in [-0.1, -0.05) is 0 Å². The molecule has 0 saturated heterocycles. The van der Waals surface area contributed by atoms with Crippen molar-refractivity contribution in [3.63, 3.8) is 0 Å². The molecule has 1 unspecified atom stereocenters.